The first-order valence-electron chi connectivity index (χ1n) is 8.00. The van der Waals surface area contributed by atoms with E-state index >= 15 is 0 Å². The van der Waals surface area contributed by atoms with Crippen LogP contribution in [0.3, 0.4) is 0 Å². The highest BCUT2D eigenvalue weighted by Crippen LogP contribution is 2.25. The van der Waals surface area contributed by atoms with Crippen molar-refractivity contribution in [3.05, 3.63) is 76.0 Å². The minimum absolute atomic E-state index is 0.212. The first-order valence-corrected chi connectivity index (χ1v) is 8.76. The van der Waals surface area contributed by atoms with Gasteiger partial charge in [-0.1, -0.05) is 42.3 Å². The predicted molar refractivity (Wildman–Crippen MR) is 106 cm³/mol. The molecule has 0 saturated carbocycles. The number of rotatable bonds is 5. The second-order valence-electron chi connectivity index (χ2n) is 5.52. The van der Waals surface area contributed by atoms with E-state index in [0.29, 0.717) is 21.7 Å². The molecule has 132 valence electrons. The Bertz CT molecular complexity index is 929. The van der Waals surface area contributed by atoms with E-state index in [1.807, 2.05) is 24.3 Å². The van der Waals surface area contributed by atoms with Crippen LogP contribution in [0.5, 0.6) is 0 Å². The van der Waals surface area contributed by atoms with Gasteiger partial charge in [-0.05, 0) is 48.4 Å². The topological polar surface area (TPSA) is 66.9 Å². The quantitative estimate of drug-likeness (QED) is 0.620. The SMILES string of the molecule is CCc1ccc(Nc2nccc(C(=O)Nc3cc(Cl)ccc3Cl)n2)cc1. The zero-order valence-corrected chi connectivity index (χ0v) is 15.5. The molecule has 0 bridgehead atoms. The average molecular weight is 387 g/mol. The molecule has 0 atom stereocenters. The summed E-state index contributed by atoms with van der Waals surface area (Å²) in [7, 11) is 0. The molecule has 1 aromatic heterocycles. The van der Waals surface area contributed by atoms with Crippen molar-refractivity contribution in [1.29, 1.82) is 0 Å². The molecule has 0 fully saturated rings. The lowest BCUT2D eigenvalue weighted by Crippen LogP contribution is -2.15. The number of hydrogen-bond acceptors (Lipinski definition) is 4. The zero-order chi connectivity index (χ0) is 18.5. The third-order valence-corrected chi connectivity index (χ3v) is 4.25. The van der Waals surface area contributed by atoms with Crippen LogP contribution in [-0.4, -0.2) is 15.9 Å². The first-order chi connectivity index (χ1) is 12.5. The van der Waals surface area contributed by atoms with Crippen molar-refractivity contribution >= 4 is 46.4 Å². The monoisotopic (exact) mass is 386 g/mol. The molecule has 1 amide bonds. The highest BCUT2D eigenvalue weighted by molar-refractivity contribution is 6.35. The number of nitrogens with zero attached hydrogens (tertiary/aromatic N) is 2. The Morgan fingerprint density at radius 1 is 1.08 bits per heavy atom. The van der Waals surface area contributed by atoms with Gasteiger partial charge in [0.2, 0.25) is 5.95 Å². The number of anilines is 3. The number of aromatic nitrogens is 2. The van der Waals surface area contributed by atoms with Gasteiger partial charge >= 0.3 is 0 Å². The molecule has 0 aliphatic heterocycles. The number of carbonyl (C=O) groups excluding carboxylic acids is 1. The Kier molecular flexibility index (Phi) is 5.71. The van der Waals surface area contributed by atoms with Crippen molar-refractivity contribution in [3.8, 4) is 0 Å². The molecule has 0 aliphatic rings. The van der Waals surface area contributed by atoms with Crippen molar-refractivity contribution in [1.82, 2.24) is 9.97 Å². The number of halogens is 2. The van der Waals surface area contributed by atoms with Crippen LogP contribution >= 0.6 is 23.2 Å². The Morgan fingerprint density at radius 3 is 2.58 bits per heavy atom. The number of nitrogens with one attached hydrogen (secondary N) is 2. The van der Waals surface area contributed by atoms with Gasteiger partial charge in [-0.2, -0.15) is 0 Å². The number of benzene rings is 2. The van der Waals surface area contributed by atoms with Gasteiger partial charge in [-0.15, -0.1) is 0 Å². The van der Waals surface area contributed by atoms with Crippen molar-refractivity contribution in [2.24, 2.45) is 0 Å². The van der Waals surface area contributed by atoms with E-state index in [-0.39, 0.29) is 5.69 Å². The van der Waals surface area contributed by atoms with Crippen LogP contribution < -0.4 is 10.6 Å². The second kappa shape index (κ2) is 8.17. The van der Waals surface area contributed by atoms with Crippen molar-refractivity contribution in [2.45, 2.75) is 13.3 Å². The normalized spacial score (nSPS) is 10.4. The highest BCUT2D eigenvalue weighted by Gasteiger charge is 2.12. The molecule has 0 spiro atoms. The third-order valence-electron chi connectivity index (χ3n) is 3.68. The fraction of sp³-hybridized carbons (Fsp3) is 0.105. The van der Waals surface area contributed by atoms with E-state index < -0.39 is 5.91 Å². The first kappa shape index (κ1) is 18.2. The fourth-order valence-electron chi connectivity index (χ4n) is 2.28. The summed E-state index contributed by atoms with van der Waals surface area (Å²) < 4.78 is 0. The molecule has 3 aromatic rings. The van der Waals surface area contributed by atoms with E-state index in [9.17, 15) is 4.79 Å². The second-order valence-corrected chi connectivity index (χ2v) is 6.36. The van der Waals surface area contributed by atoms with Crippen molar-refractivity contribution in [2.75, 3.05) is 10.6 Å². The molecule has 2 aromatic carbocycles. The maximum atomic E-state index is 12.4. The minimum atomic E-state index is -0.402. The zero-order valence-electron chi connectivity index (χ0n) is 14.0. The molecule has 1 heterocycles. The summed E-state index contributed by atoms with van der Waals surface area (Å²) in [6.45, 7) is 2.10. The van der Waals surface area contributed by atoms with Gasteiger partial charge in [0.1, 0.15) is 5.69 Å². The van der Waals surface area contributed by atoms with E-state index in [2.05, 4.69) is 27.5 Å². The summed E-state index contributed by atoms with van der Waals surface area (Å²) in [5.41, 5.74) is 2.72. The maximum Gasteiger partial charge on any atom is 0.274 e. The Hall–Kier alpha value is -2.63. The minimum Gasteiger partial charge on any atom is -0.324 e. The third kappa shape index (κ3) is 4.50. The summed E-state index contributed by atoms with van der Waals surface area (Å²) in [5.74, 6) is -0.0694. The van der Waals surface area contributed by atoms with Crippen LogP contribution in [0.2, 0.25) is 10.0 Å². The molecule has 7 heteroatoms. The lowest BCUT2D eigenvalue weighted by Gasteiger charge is -2.09. The van der Waals surface area contributed by atoms with Gasteiger partial charge in [-0.3, -0.25) is 4.79 Å². The van der Waals surface area contributed by atoms with E-state index in [1.54, 1.807) is 18.2 Å². The van der Waals surface area contributed by atoms with Gasteiger partial charge in [-0.25, -0.2) is 9.97 Å². The molecule has 3 rings (SSSR count). The van der Waals surface area contributed by atoms with E-state index in [4.69, 9.17) is 23.2 Å². The van der Waals surface area contributed by atoms with E-state index in [1.165, 1.54) is 17.8 Å². The molecule has 26 heavy (non-hydrogen) atoms. The lowest BCUT2D eigenvalue weighted by molar-refractivity contribution is 0.102. The van der Waals surface area contributed by atoms with Crippen LogP contribution in [0.4, 0.5) is 17.3 Å². The Balaban J connectivity index is 1.75. The van der Waals surface area contributed by atoms with Crippen LogP contribution in [0.15, 0.2) is 54.7 Å². The van der Waals surface area contributed by atoms with Gasteiger partial charge in [0.25, 0.3) is 5.91 Å². The smallest absolute Gasteiger partial charge is 0.274 e. The van der Waals surface area contributed by atoms with Gasteiger partial charge in [0, 0.05) is 16.9 Å². The number of aryl methyl sites for hydroxylation is 1. The highest BCUT2D eigenvalue weighted by atomic mass is 35.5. The van der Waals surface area contributed by atoms with Gasteiger partial charge in [0.05, 0.1) is 10.7 Å². The fourth-order valence-corrected chi connectivity index (χ4v) is 2.61. The number of carbonyl (C=O) groups is 1. The Morgan fingerprint density at radius 2 is 1.85 bits per heavy atom. The summed E-state index contributed by atoms with van der Waals surface area (Å²) in [4.78, 5) is 20.8. The largest absolute Gasteiger partial charge is 0.324 e. The average Bonchev–Trinajstić information content (AvgIpc) is 2.65. The number of amides is 1. The molecular formula is C19H16Cl2N4O. The summed E-state index contributed by atoms with van der Waals surface area (Å²) in [6.07, 6.45) is 2.49. The maximum absolute atomic E-state index is 12.4. The molecule has 2 N–H and O–H groups in total. The molecule has 0 radical (unpaired) electrons. The molecule has 0 aliphatic carbocycles. The summed E-state index contributed by atoms with van der Waals surface area (Å²) >= 11 is 12.0. The van der Waals surface area contributed by atoms with Crippen molar-refractivity contribution in [3.63, 3.8) is 0 Å². The molecule has 0 saturated heterocycles. The lowest BCUT2D eigenvalue weighted by atomic mass is 10.1. The Labute approximate surface area is 161 Å². The van der Waals surface area contributed by atoms with Crippen LogP contribution in [0, 0.1) is 0 Å². The van der Waals surface area contributed by atoms with Crippen LogP contribution in [-0.2, 0) is 6.42 Å². The van der Waals surface area contributed by atoms with Crippen LogP contribution in [0.25, 0.3) is 0 Å². The standard InChI is InChI=1S/C19H16Cl2N4O/c1-2-12-3-6-14(7-4-12)23-19-22-10-9-16(25-19)18(26)24-17-11-13(20)5-8-15(17)21/h3-11H,2H2,1H3,(H,24,26)(H,22,23,25). The van der Waals surface area contributed by atoms with Crippen LogP contribution in [0.1, 0.15) is 23.0 Å². The van der Waals surface area contributed by atoms with Gasteiger partial charge in [0.15, 0.2) is 0 Å². The summed E-state index contributed by atoms with van der Waals surface area (Å²) in [6, 6.07) is 14.3. The van der Waals surface area contributed by atoms with Gasteiger partial charge < -0.3 is 10.6 Å². The summed E-state index contributed by atoms with van der Waals surface area (Å²) in [5, 5.41) is 6.66. The van der Waals surface area contributed by atoms with E-state index in [0.717, 1.165) is 12.1 Å². The molecule has 0 unspecified atom stereocenters. The van der Waals surface area contributed by atoms with Crippen molar-refractivity contribution < 1.29 is 4.79 Å². The molecule has 5 nitrogen and oxygen atoms in total. The number of hydrogen-bond donors (Lipinski definition) is 2. The predicted octanol–water partition coefficient (Wildman–Crippen LogP) is 5.34. The molecular weight excluding hydrogens is 371 g/mol.